The lowest BCUT2D eigenvalue weighted by molar-refractivity contribution is 0.181. The van der Waals surface area contributed by atoms with Crippen molar-refractivity contribution in [2.75, 3.05) is 13.7 Å². The average molecular weight is 275 g/mol. The van der Waals surface area contributed by atoms with Gasteiger partial charge >= 0.3 is 0 Å². The SMILES string of the molecule is CCc1nc(C(C)COC)[nH]c(=O)c1Br. The van der Waals surface area contributed by atoms with Gasteiger partial charge in [-0.1, -0.05) is 13.8 Å². The lowest BCUT2D eigenvalue weighted by atomic mass is 10.2. The van der Waals surface area contributed by atoms with E-state index >= 15 is 0 Å². The number of nitrogens with one attached hydrogen (secondary N) is 1. The first-order chi connectivity index (χ1) is 7.10. The summed E-state index contributed by atoms with van der Waals surface area (Å²) in [5.74, 6) is 0.781. The Morgan fingerprint density at radius 3 is 2.80 bits per heavy atom. The van der Waals surface area contributed by atoms with Crippen LogP contribution in [-0.2, 0) is 11.2 Å². The highest BCUT2D eigenvalue weighted by Crippen LogP contribution is 2.14. The van der Waals surface area contributed by atoms with Gasteiger partial charge in [0.2, 0.25) is 0 Å². The summed E-state index contributed by atoms with van der Waals surface area (Å²) >= 11 is 3.23. The van der Waals surface area contributed by atoms with E-state index < -0.39 is 0 Å². The molecular formula is C10H15BrN2O2. The number of aryl methyl sites for hydroxylation is 1. The molecule has 0 aliphatic rings. The van der Waals surface area contributed by atoms with E-state index in [1.807, 2.05) is 13.8 Å². The third-order valence-corrected chi connectivity index (χ3v) is 2.99. The quantitative estimate of drug-likeness (QED) is 0.912. The van der Waals surface area contributed by atoms with E-state index in [1.165, 1.54) is 0 Å². The zero-order valence-corrected chi connectivity index (χ0v) is 10.7. The van der Waals surface area contributed by atoms with Crippen LogP contribution in [0, 0.1) is 0 Å². The van der Waals surface area contributed by atoms with Gasteiger partial charge in [-0.2, -0.15) is 0 Å². The molecule has 84 valence electrons. The van der Waals surface area contributed by atoms with E-state index in [4.69, 9.17) is 4.74 Å². The van der Waals surface area contributed by atoms with Crippen LogP contribution in [0.1, 0.15) is 31.3 Å². The molecule has 15 heavy (non-hydrogen) atoms. The number of aromatic nitrogens is 2. The molecule has 1 heterocycles. The van der Waals surface area contributed by atoms with Crippen molar-refractivity contribution in [1.82, 2.24) is 9.97 Å². The van der Waals surface area contributed by atoms with E-state index in [1.54, 1.807) is 7.11 Å². The van der Waals surface area contributed by atoms with Crippen LogP contribution < -0.4 is 5.56 Å². The van der Waals surface area contributed by atoms with Gasteiger partial charge in [0.1, 0.15) is 10.3 Å². The molecule has 1 aromatic heterocycles. The zero-order valence-electron chi connectivity index (χ0n) is 9.13. The summed E-state index contributed by atoms with van der Waals surface area (Å²) in [4.78, 5) is 18.7. The predicted molar refractivity (Wildman–Crippen MR) is 62.2 cm³/mol. The van der Waals surface area contributed by atoms with Crippen LogP contribution in [0.5, 0.6) is 0 Å². The summed E-state index contributed by atoms with van der Waals surface area (Å²) in [5.41, 5.74) is 0.663. The second kappa shape index (κ2) is 5.42. The smallest absolute Gasteiger partial charge is 0.265 e. The van der Waals surface area contributed by atoms with E-state index in [0.29, 0.717) is 16.9 Å². The Labute approximate surface area is 97.2 Å². The van der Waals surface area contributed by atoms with Gasteiger partial charge in [0.05, 0.1) is 12.3 Å². The van der Waals surface area contributed by atoms with Crippen molar-refractivity contribution in [3.8, 4) is 0 Å². The lowest BCUT2D eigenvalue weighted by Gasteiger charge is -2.11. The van der Waals surface area contributed by atoms with Crippen LogP contribution >= 0.6 is 15.9 Å². The van der Waals surface area contributed by atoms with Gasteiger partial charge in [-0.25, -0.2) is 4.98 Å². The first-order valence-electron chi connectivity index (χ1n) is 4.87. The van der Waals surface area contributed by atoms with Crippen molar-refractivity contribution in [1.29, 1.82) is 0 Å². The highest BCUT2D eigenvalue weighted by molar-refractivity contribution is 9.10. The number of ether oxygens (including phenoxy) is 1. The maximum absolute atomic E-state index is 11.5. The summed E-state index contributed by atoms with van der Waals surface area (Å²) < 4.78 is 5.55. The predicted octanol–water partition coefficient (Wildman–Crippen LogP) is 1.84. The van der Waals surface area contributed by atoms with Gasteiger partial charge in [0.25, 0.3) is 5.56 Å². The molecule has 0 aromatic carbocycles. The van der Waals surface area contributed by atoms with Gasteiger partial charge < -0.3 is 9.72 Å². The Balaban J connectivity index is 3.11. The van der Waals surface area contributed by atoms with Crippen LogP contribution in [-0.4, -0.2) is 23.7 Å². The maximum Gasteiger partial charge on any atom is 0.265 e. The standard InChI is InChI=1S/C10H15BrN2O2/c1-4-7-8(11)10(14)13-9(12-7)6(2)5-15-3/h6H,4-5H2,1-3H3,(H,12,13,14). The monoisotopic (exact) mass is 274 g/mol. The Hall–Kier alpha value is -0.680. The van der Waals surface area contributed by atoms with Crippen molar-refractivity contribution in [3.05, 3.63) is 26.3 Å². The molecule has 5 heteroatoms. The molecule has 1 aromatic rings. The van der Waals surface area contributed by atoms with E-state index in [9.17, 15) is 4.79 Å². The summed E-state index contributed by atoms with van der Waals surface area (Å²) in [5, 5.41) is 0. The Kier molecular flexibility index (Phi) is 4.47. The minimum absolute atomic E-state index is 0.0982. The minimum Gasteiger partial charge on any atom is -0.384 e. The average Bonchev–Trinajstić information content (AvgIpc) is 2.22. The summed E-state index contributed by atoms with van der Waals surface area (Å²) in [7, 11) is 1.63. The fourth-order valence-corrected chi connectivity index (χ4v) is 1.79. The number of rotatable bonds is 4. The van der Waals surface area contributed by atoms with Gasteiger partial charge in [0, 0.05) is 13.0 Å². The van der Waals surface area contributed by atoms with Crippen molar-refractivity contribution in [2.24, 2.45) is 0 Å². The van der Waals surface area contributed by atoms with E-state index in [-0.39, 0.29) is 11.5 Å². The second-order valence-corrected chi connectivity index (χ2v) is 4.21. The van der Waals surface area contributed by atoms with Crippen molar-refractivity contribution < 1.29 is 4.74 Å². The van der Waals surface area contributed by atoms with Crippen LogP contribution in [0.2, 0.25) is 0 Å². The molecule has 1 unspecified atom stereocenters. The number of methoxy groups -OCH3 is 1. The van der Waals surface area contributed by atoms with Crippen LogP contribution in [0.3, 0.4) is 0 Å². The lowest BCUT2D eigenvalue weighted by Crippen LogP contribution is -2.18. The van der Waals surface area contributed by atoms with Gasteiger partial charge in [-0.15, -0.1) is 0 Å². The molecule has 0 saturated heterocycles. The normalized spacial score (nSPS) is 12.8. The third kappa shape index (κ3) is 2.89. The number of H-pyrrole nitrogens is 1. The maximum atomic E-state index is 11.5. The van der Waals surface area contributed by atoms with Crippen molar-refractivity contribution >= 4 is 15.9 Å². The molecule has 0 aliphatic heterocycles. The molecule has 0 bridgehead atoms. The number of nitrogens with zero attached hydrogens (tertiary/aromatic N) is 1. The summed E-state index contributed by atoms with van der Waals surface area (Å²) in [6.45, 7) is 4.49. The molecule has 0 aliphatic carbocycles. The molecule has 1 atom stereocenters. The van der Waals surface area contributed by atoms with Gasteiger partial charge in [-0.05, 0) is 22.4 Å². The molecule has 1 rings (SSSR count). The number of hydrogen-bond donors (Lipinski definition) is 1. The van der Waals surface area contributed by atoms with Crippen LogP contribution in [0.25, 0.3) is 0 Å². The van der Waals surface area contributed by atoms with Gasteiger partial charge in [0.15, 0.2) is 0 Å². The summed E-state index contributed by atoms with van der Waals surface area (Å²) in [6.07, 6.45) is 0.733. The molecule has 1 N–H and O–H groups in total. The molecule has 0 spiro atoms. The van der Waals surface area contributed by atoms with Crippen LogP contribution in [0.15, 0.2) is 9.27 Å². The van der Waals surface area contributed by atoms with Crippen molar-refractivity contribution in [2.45, 2.75) is 26.2 Å². The first kappa shape index (κ1) is 12.4. The molecule has 0 radical (unpaired) electrons. The van der Waals surface area contributed by atoms with E-state index in [0.717, 1.165) is 12.1 Å². The van der Waals surface area contributed by atoms with E-state index in [2.05, 4.69) is 25.9 Å². The first-order valence-corrected chi connectivity index (χ1v) is 5.67. The number of aromatic amines is 1. The highest BCUT2D eigenvalue weighted by atomic mass is 79.9. The number of halogens is 1. The number of hydrogen-bond acceptors (Lipinski definition) is 3. The highest BCUT2D eigenvalue weighted by Gasteiger charge is 2.12. The Morgan fingerprint density at radius 1 is 1.60 bits per heavy atom. The molecular weight excluding hydrogens is 260 g/mol. The minimum atomic E-state index is -0.125. The van der Waals surface area contributed by atoms with Gasteiger partial charge in [-0.3, -0.25) is 4.79 Å². The van der Waals surface area contributed by atoms with Crippen LogP contribution in [0.4, 0.5) is 0 Å². The Morgan fingerprint density at radius 2 is 2.27 bits per heavy atom. The zero-order chi connectivity index (χ0) is 11.4. The fourth-order valence-electron chi connectivity index (χ4n) is 1.32. The van der Waals surface area contributed by atoms with Crippen molar-refractivity contribution in [3.63, 3.8) is 0 Å². The molecule has 0 amide bonds. The summed E-state index contributed by atoms with van der Waals surface area (Å²) in [6, 6.07) is 0. The third-order valence-electron chi connectivity index (χ3n) is 2.17. The Bertz CT molecular complexity index is 389. The molecule has 4 nitrogen and oxygen atoms in total. The largest absolute Gasteiger partial charge is 0.384 e. The molecule has 0 fully saturated rings. The second-order valence-electron chi connectivity index (χ2n) is 3.42. The fraction of sp³-hybridized carbons (Fsp3) is 0.600. The topological polar surface area (TPSA) is 55.0 Å². The molecule has 0 saturated carbocycles.